The van der Waals surface area contributed by atoms with Gasteiger partial charge in [0.25, 0.3) is 0 Å². The summed E-state index contributed by atoms with van der Waals surface area (Å²) >= 11 is 0. The molecule has 0 amide bonds. The smallest absolute Gasteiger partial charge is 0.333 e. The lowest BCUT2D eigenvalue weighted by Gasteiger charge is -2.32. The van der Waals surface area contributed by atoms with E-state index in [0.29, 0.717) is 5.57 Å². The first kappa shape index (κ1) is 11.8. The van der Waals surface area contributed by atoms with Crippen molar-refractivity contribution in [3.63, 3.8) is 0 Å². The summed E-state index contributed by atoms with van der Waals surface area (Å²) in [6.45, 7) is 9.42. The van der Waals surface area contributed by atoms with Gasteiger partial charge in [0.15, 0.2) is 0 Å². The van der Waals surface area contributed by atoms with Crippen molar-refractivity contribution in [3.05, 3.63) is 24.0 Å². The third-order valence-electron chi connectivity index (χ3n) is 2.45. The molecule has 1 rings (SSSR count). The first-order valence-electron chi connectivity index (χ1n) is 5.09. The third kappa shape index (κ3) is 3.42. The zero-order valence-corrected chi connectivity index (χ0v) is 9.63. The monoisotopic (exact) mass is 210 g/mol. The Kier molecular flexibility index (Phi) is 3.56. The molecule has 0 aromatic rings. The van der Waals surface area contributed by atoms with E-state index in [1.807, 2.05) is 13.8 Å². The van der Waals surface area contributed by atoms with Gasteiger partial charge in [0.2, 0.25) is 0 Å². The summed E-state index contributed by atoms with van der Waals surface area (Å²) in [4.78, 5) is 11.2. The molecule has 0 aliphatic carbocycles. The van der Waals surface area contributed by atoms with E-state index in [2.05, 4.69) is 6.58 Å². The van der Waals surface area contributed by atoms with E-state index in [0.717, 1.165) is 12.8 Å². The van der Waals surface area contributed by atoms with E-state index in [1.54, 1.807) is 13.2 Å². The van der Waals surface area contributed by atoms with Crippen molar-refractivity contribution in [1.29, 1.82) is 0 Å². The fourth-order valence-corrected chi connectivity index (χ4v) is 1.27. The molecule has 0 saturated carbocycles. The molecule has 84 valence electrons. The van der Waals surface area contributed by atoms with Crippen LogP contribution in [0.25, 0.3) is 0 Å². The summed E-state index contributed by atoms with van der Waals surface area (Å²) in [6.07, 6.45) is 3.61. The van der Waals surface area contributed by atoms with E-state index in [4.69, 9.17) is 9.47 Å². The second kappa shape index (κ2) is 4.51. The number of rotatable bonds is 3. The molecular weight excluding hydrogens is 192 g/mol. The summed E-state index contributed by atoms with van der Waals surface area (Å²) in [5.41, 5.74) is 1.25. The number of hydrogen-bond donors (Lipinski definition) is 0. The highest BCUT2D eigenvalue weighted by Gasteiger charge is 2.29. The molecule has 0 spiro atoms. The van der Waals surface area contributed by atoms with Crippen molar-refractivity contribution in [1.82, 2.24) is 0 Å². The second-order valence-electron chi connectivity index (χ2n) is 4.39. The van der Waals surface area contributed by atoms with Crippen LogP contribution in [0.15, 0.2) is 24.0 Å². The van der Waals surface area contributed by atoms with Gasteiger partial charge >= 0.3 is 5.97 Å². The maximum atomic E-state index is 11.2. The number of esters is 1. The number of hydrogen-bond acceptors (Lipinski definition) is 3. The predicted molar refractivity (Wildman–Crippen MR) is 58.3 cm³/mol. The lowest BCUT2D eigenvalue weighted by Crippen LogP contribution is -2.36. The molecule has 0 radical (unpaired) electrons. The van der Waals surface area contributed by atoms with Gasteiger partial charge in [-0.3, -0.25) is 0 Å². The van der Waals surface area contributed by atoms with Crippen LogP contribution in [0.1, 0.15) is 33.6 Å². The zero-order valence-electron chi connectivity index (χ0n) is 9.63. The van der Waals surface area contributed by atoms with Gasteiger partial charge in [-0.1, -0.05) is 6.58 Å². The Labute approximate surface area is 90.8 Å². The standard InChI is InChI=1S/C12H18O3/c1-9(2)11(13)14-8-12(4)6-5-10(3)7-15-12/h7H,1,5-6,8H2,2-4H3. The first-order valence-corrected chi connectivity index (χ1v) is 5.09. The van der Waals surface area contributed by atoms with Gasteiger partial charge in [-0.2, -0.15) is 0 Å². The largest absolute Gasteiger partial charge is 0.492 e. The summed E-state index contributed by atoms with van der Waals surface area (Å²) in [5.74, 6) is -0.355. The van der Waals surface area contributed by atoms with Gasteiger partial charge in [0.1, 0.15) is 12.2 Å². The van der Waals surface area contributed by atoms with Crippen LogP contribution in [-0.4, -0.2) is 18.2 Å². The summed E-state index contributed by atoms with van der Waals surface area (Å²) in [7, 11) is 0. The van der Waals surface area contributed by atoms with E-state index < -0.39 is 0 Å². The first-order chi connectivity index (χ1) is 6.93. The second-order valence-corrected chi connectivity index (χ2v) is 4.39. The Hall–Kier alpha value is -1.25. The van der Waals surface area contributed by atoms with Gasteiger partial charge < -0.3 is 9.47 Å². The van der Waals surface area contributed by atoms with E-state index >= 15 is 0 Å². The number of ether oxygens (including phenoxy) is 2. The number of allylic oxidation sites excluding steroid dienone is 1. The molecule has 1 aliphatic heterocycles. The summed E-state index contributed by atoms with van der Waals surface area (Å²) < 4.78 is 10.6. The van der Waals surface area contributed by atoms with Crippen molar-refractivity contribution >= 4 is 5.97 Å². The molecule has 1 atom stereocenters. The predicted octanol–water partition coefficient (Wildman–Crippen LogP) is 2.58. The minimum Gasteiger partial charge on any atom is -0.492 e. The van der Waals surface area contributed by atoms with Crippen molar-refractivity contribution in [2.75, 3.05) is 6.61 Å². The average molecular weight is 210 g/mol. The van der Waals surface area contributed by atoms with Crippen molar-refractivity contribution in [3.8, 4) is 0 Å². The molecule has 1 heterocycles. The molecule has 0 N–H and O–H groups in total. The molecule has 3 heteroatoms. The lowest BCUT2D eigenvalue weighted by molar-refractivity contribution is -0.147. The topological polar surface area (TPSA) is 35.5 Å². The highest BCUT2D eigenvalue weighted by Crippen LogP contribution is 2.26. The summed E-state index contributed by atoms with van der Waals surface area (Å²) in [6, 6.07) is 0. The molecule has 1 aliphatic rings. The van der Waals surface area contributed by atoms with Gasteiger partial charge in [0.05, 0.1) is 6.26 Å². The van der Waals surface area contributed by atoms with E-state index in [-0.39, 0.29) is 18.2 Å². The van der Waals surface area contributed by atoms with Crippen LogP contribution >= 0.6 is 0 Å². The fraction of sp³-hybridized carbons (Fsp3) is 0.583. The Balaban J connectivity index is 2.45. The molecule has 1 unspecified atom stereocenters. The average Bonchev–Trinajstić information content (AvgIpc) is 2.19. The molecular formula is C12H18O3. The van der Waals surface area contributed by atoms with Crippen LogP contribution in [0.4, 0.5) is 0 Å². The zero-order chi connectivity index (χ0) is 11.5. The molecule has 15 heavy (non-hydrogen) atoms. The molecule has 0 aromatic carbocycles. The lowest BCUT2D eigenvalue weighted by atomic mass is 9.96. The number of carbonyl (C=O) groups excluding carboxylic acids is 1. The maximum Gasteiger partial charge on any atom is 0.333 e. The van der Waals surface area contributed by atoms with E-state index in [9.17, 15) is 4.79 Å². The van der Waals surface area contributed by atoms with Gasteiger partial charge in [-0.15, -0.1) is 0 Å². The van der Waals surface area contributed by atoms with Crippen LogP contribution in [0.2, 0.25) is 0 Å². The quantitative estimate of drug-likeness (QED) is 0.530. The normalized spacial score (nSPS) is 25.1. The SMILES string of the molecule is C=C(C)C(=O)OCC1(C)CCC(C)=CO1. The van der Waals surface area contributed by atoms with Crippen LogP contribution in [0.3, 0.4) is 0 Å². The van der Waals surface area contributed by atoms with Crippen LogP contribution < -0.4 is 0 Å². The fourth-order valence-electron chi connectivity index (χ4n) is 1.27. The minimum atomic E-state index is -0.384. The van der Waals surface area contributed by atoms with Crippen LogP contribution in [0.5, 0.6) is 0 Å². The molecule has 0 saturated heterocycles. The van der Waals surface area contributed by atoms with Crippen LogP contribution in [-0.2, 0) is 14.3 Å². The number of carbonyl (C=O) groups is 1. The Morgan fingerprint density at radius 2 is 2.40 bits per heavy atom. The highest BCUT2D eigenvalue weighted by molar-refractivity contribution is 5.86. The molecule has 0 fully saturated rings. The highest BCUT2D eigenvalue weighted by atomic mass is 16.6. The third-order valence-corrected chi connectivity index (χ3v) is 2.45. The summed E-state index contributed by atoms with van der Waals surface area (Å²) in [5, 5.41) is 0. The molecule has 0 bridgehead atoms. The van der Waals surface area contributed by atoms with Crippen molar-refractivity contribution < 1.29 is 14.3 Å². The van der Waals surface area contributed by atoms with Gasteiger partial charge in [0, 0.05) is 5.57 Å². The molecule has 0 aromatic heterocycles. The Morgan fingerprint density at radius 1 is 1.73 bits per heavy atom. The van der Waals surface area contributed by atoms with Crippen LogP contribution in [0, 0.1) is 0 Å². The van der Waals surface area contributed by atoms with Crippen molar-refractivity contribution in [2.24, 2.45) is 0 Å². The maximum absolute atomic E-state index is 11.2. The van der Waals surface area contributed by atoms with Gasteiger partial charge in [-0.25, -0.2) is 4.79 Å². The van der Waals surface area contributed by atoms with E-state index in [1.165, 1.54) is 5.57 Å². The Morgan fingerprint density at radius 3 is 2.87 bits per heavy atom. The van der Waals surface area contributed by atoms with Crippen molar-refractivity contribution in [2.45, 2.75) is 39.2 Å². The molecule has 3 nitrogen and oxygen atoms in total. The Bertz CT molecular complexity index is 304. The van der Waals surface area contributed by atoms with Gasteiger partial charge in [-0.05, 0) is 39.2 Å². The minimum absolute atomic E-state index is 0.280.